The maximum atomic E-state index is 9.98. The van der Waals surface area contributed by atoms with E-state index in [0.29, 0.717) is 13.2 Å². The minimum atomic E-state index is -1.70. The SMILES string of the molecule is CCCCCCCCCOP(O)OCCCN1CCCN(C(CCCCC)CCCCC)CC1. The normalized spacial score (nSPS) is 16.9. The van der Waals surface area contributed by atoms with E-state index in [-0.39, 0.29) is 0 Å². The molecule has 1 heterocycles. The molecule has 1 unspecified atom stereocenters. The zero-order chi connectivity index (χ0) is 24.7. The molecule has 204 valence electrons. The molecule has 6 heteroatoms. The molecule has 1 saturated heterocycles. The van der Waals surface area contributed by atoms with Gasteiger partial charge in [-0.15, -0.1) is 0 Å². The molecule has 5 nitrogen and oxygen atoms in total. The lowest BCUT2D eigenvalue weighted by atomic mass is 10.00. The lowest BCUT2D eigenvalue weighted by Gasteiger charge is -2.31. The molecular weight excluding hydrogens is 443 g/mol. The second-order valence-corrected chi connectivity index (χ2v) is 11.2. The van der Waals surface area contributed by atoms with E-state index in [1.54, 1.807) is 0 Å². The van der Waals surface area contributed by atoms with Gasteiger partial charge in [0.05, 0.1) is 13.2 Å². The van der Waals surface area contributed by atoms with Gasteiger partial charge in [-0.05, 0) is 45.2 Å². The van der Waals surface area contributed by atoms with Crippen LogP contribution >= 0.6 is 8.60 Å². The van der Waals surface area contributed by atoms with Gasteiger partial charge in [-0.3, -0.25) is 4.90 Å². The highest BCUT2D eigenvalue weighted by molar-refractivity contribution is 7.40. The predicted molar refractivity (Wildman–Crippen MR) is 148 cm³/mol. The average Bonchev–Trinajstić information content (AvgIpc) is 3.08. The van der Waals surface area contributed by atoms with E-state index >= 15 is 0 Å². The quantitative estimate of drug-likeness (QED) is 0.114. The minimum Gasteiger partial charge on any atom is -0.328 e. The van der Waals surface area contributed by atoms with Crippen molar-refractivity contribution < 1.29 is 13.9 Å². The summed E-state index contributed by atoms with van der Waals surface area (Å²) in [6.45, 7) is 14.0. The lowest BCUT2D eigenvalue weighted by Crippen LogP contribution is -2.38. The molecule has 0 aliphatic carbocycles. The highest BCUT2D eigenvalue weighted by atomic mass is 31.2. The minimum absolute atomic E-state index is 0.593. The fourth-order valence-corrected chi connectivity index (χ4v) is 5.66. The van der Waals surface area contributed by atoms with Crippen molar-refractivity contribution in [1.82, 2.24) is 9.80 Å². The van der Waals surface area contributed by atoms with E-state index < -0.39 is 8.60 Å². The highest BCUT2D eigenvalue weighted by Gasteiger charge is 2.21. The Kier molecular flexibility index (Phi) is 22.4. The number of nitrogens with zero attached hydrogens (tertiary/aromatic N) is 2. The van der Waals surface area contributed by atoms with E-state index in [4.69, 9.17) is 9.05 Å². The van der Waals surface area contributed by atoms with Crippen LogP contribution in [-0.4, -0.2) is 66.7 Å². The van der Waals surface area contributed by atoms with Gasteiger partial charge in [-0.2, -0.15) is 0 Å². The van der Waals surface area contributed by atoms with Gasteiger partial charge in [0.1, 0.15) is 0 Å². The Hall–Kier alpha value is 0.230. The molecule has 0 bridgehead atoms. The van der Waals surface area contributed by atoms with Crippen molar-refractivity contribution in [2.45, 2.75) is 136 Å². The molecule has 0 spiro atoms. The molecule has 34 heavy (non-hydrogen) atoms. The van der Waals surface area contributed by atoms with Crippen LogP contribution in [0.2, 0.25) is 0 Å². The largest absolute Gasteiger partial charge is 0.329 e. The molecule has 1 aliphatic rings. The van der Waals surface area contributed by atoms with Crippen molar-refractivity contribution in [3.8, 4) is 0 Å². The van der Waals surface area contributed by atoms with Crippen LogP contribution in [0.25, 0.3) is 0 Å². The molecule has 0 aromatic carbocycles. The third-order valence-corrected chi connectivity index (χ3v) is 8.00. The third kappa shape index (κ3) is 17.6. The van der Waals surface area contributed by atoms with E-state index in [2.05, 4.69) is 30.6 Å². The zero-order valence-electron chi connectivity index (χ0n) is 23.2. The van der Waals surface area contributed by atoms with Gasteiger partial charge >= 0.3 is 8.60 Å². The Morgan fingerprint density at radius 2 is 1.21 bits per heavy atom. The molecular formula is C28H59N2O3P. The Balaban J connectivity index is 2.14. The first-order valence-electron chi connectivity index (χ1n) is 14.9. The van der Waals surface area contributed by atoms with Crippen molar-refractivity contribution in [1.29, 1.82) is 0 Å². The van der Waals surface area contributed by atoms with Crippen LogP contribution in [0.5, 0.6) is 0 Å². The van der Waals surface area contributed by atoms with Crippen molar-refractivity contribution in [2.24, 2.45) is 0 Å². The molecule has 1 aliphatic heterocycles. The summed E-state index contributed by atoms with van der Waals surface area (Å²) in [6.07, 6.45) is 22.0. The summed E-state index contributed by atoms with van der Waals surface area (Å²) in [6, 6.07) is 0.785. The Morgan fingerprint density at radius 1 is 0.647 bits per heavy atom. The van der Waals surface area contributed by atoms with Gasteiger partial charge in [0.25, 0.3) is 0 Å². The van der Waals surface area contributed by atoms with Gasteiger partial charge < -0.3 is 18.8 Å². The summed E-state index contributed by atoms with van der Waals surface area (Å²) < 4.78 is 11.0. The van der Waals surface area contributed by atoms with Crippen LogP contribution in [0.1, 0.15) is 130 Å². The predicted octanol–water partition coefficient (Wildman–Crippen LogP) is 7.92. The number of unbranched alkanes of at least 4 members (excludes halogenated alkanes) is 10. The molecule has 1 rings (SSSR count). The van der Waals surface area contributed by atoms with Crippen LogP contribution in [0.15, 0.2) is 0 Å². The summed E-state index contributed by atoms with van der Waals surface area (Å²) in [7, 11) is -1.70. The van der Waals surface area contributed by atoms with Crippen molar-refractivity contribution in [2.75, 3.05) is 45.9 Å². The van der Waals surface area contributed by atoms with Crippen LogP contribution < -0.4 is 0 Å². The van der Waals surface area contributed by atoms with Gasteiger partial charge in [0, 0.05) is 25.7 Å². The summed E-state index contributed by atoms with van der Waals surface area (Å²) in [5.41, 5.74) is 0. The summed E-state index contributed by atoms with van der Waals surface area (Å²) in [5, 5.41) is 0. The first-order valence-corrected chi connectivity index (χ1v) is 16.0. The van der Waals surface area contributed by atoms with Gasteiger partial charge in [0.2, 0.25) is 0 Å². The summed E-state index contributed by atoms with van der Waals surface area (Å²) in [4.78, 5) is 15.4. The van der Waals surface area contributed by atoms with E-state index in [0.717, 1.165) is 25.4 Å². The Labute approximate surface area is 214 Å². The van der Waals surface area contributed by atoms with E-state index in [1.165, 1.54) is 122 Å². The molecule has 0 saturated carbocycles. The van der Waals surface area contributed by atoms with Gasteiger partial charge in [-0.25, -0.2) is 0 Å². The Morgan fingerprint density at radius 3 is 1.85 bits per heavy atom. The van der Waals surface area contributed by atoms with E-state index in [9.17, 15) is 4.89 Å². The van der Waals surface area contributed by atoms with Crippen LogP contribution in [0.3, 0.4) is 0 Å². The van der Waals surface area contributed by atoms with Gasteiger partial charge in [-0.1, -0.05) is 97.8 Å². The molecule has 0 radical (unpaired) electrons. The summed E-state index contributed by atoms with van der Waals surface area (Å²) in [5.74, 6) is 0. The Bertz CT molecular complexity index is 420. The third-order valence-electron chi connectivity index (χ3n) is 7.19. The van der Waals surface area contributed by atoms with Crippen LogP contribution in [0, 0.1) is 0 Å². The van der Waals surface area contributed by atoms with Crippen molar-refractivity contribution in [3.63, 3.8) is 0 Å². The second kappa shape index (κ2) is 23.6. The van der Waals surface area contributed by atoms with Crippen molar-refractivity contribution in [3.05, 3.63) is 0 Å². The second-order valence-electron chi connectivity index (χ2n) is 10.3. The smallest absolute Gasteiger partial charge is 0.328 e. The van der Waals surface area contributed by atoms with Crippen molar-refractivity contribution >= 4 is 8.60 Å². The average molecular weight is 503 g/mol. The van der Waals surface area contributed by atoms with E-state index in [1.807, 2.05) is 0 Å². The highest BCUT2D eigenvalue weighted by Crippen LogP contribution is 2.33. The molecule has 1 atom stereocenters. The molecule has 1 fully saturated rings. The number of rotatable bonds is 23. The standard InChI is InChI=1S/C28H59N2O3P/c1-4-7-10-11-12-13-16-26-32-34(31)33-27-18-22-29-21-17-23-30(25-24-29)28(19-14-8-5-2)20-15-9-6-3/h28,31H,4-27H2,1-3H3. The maximum Gasteiger partial charge on any atom is 0.329 e. The number of hydrogen-bond donors (Lipinski definition) is 1. The molecule has 0 amide bonds. The van der Waals surface area contributed by atoms with Gasteiger partial charge in [0.15, 0.2) is 0 Å². The summed E-state index contributed by atoms with van der Waals surface area (Å²) >= 11 is 0. The fraction of sp³-hybridized carbons (Fsp3) is 1.00. The van der Waals surface area contributed by atoms with Crippen LogP contribution in [-0.2, 0) is 9.05 Å². The monoisotopic (exact) mass is 502 g/mol. The lowest BCUT2D eigenvalue weighted by molar-refractivity contribution is 0.167. The zero-order valence-corrected chi connectivity index (χ0v) is 24.0. The number of hydrogen-bond acceptors (Lipinski definition) is 5. The molecule has 1 N–H and O–H groups in total. The first kappa shape index (κ1) is 32.3. The fourth-order valence-electron chi connectivity index (χ4n) is 5.02. The molecule has 0 aromatic heterocycles. The maximum absolute atomic E-state index is 9.98. The topological polar surface area (TPSA) is 45.2 Å². The molecule has 0 aromatic rings. The first-order chi connectivity index (χ1) is 16.7. The van der Waals surface area contributed by atoms with Crippen LogP contribution in [0.4, 0.5) is 0 Å².